The van der Waals surface area contributed by atoms with Gasteiger partial charge in [-0.25, -0.2) is 5.43 Å². The van der Waals surface area contributed by atoms with Crippen molar-refractivity contribution in [2.75, 3.05) is 5.32 Å². The molecule has 0 fully saturated rings. The molecule has 1 aromatic rings. The van der Waals surface area contributed by atoms with Crippen LogP contribution in [-0.2, 0) is 4.79 Å². The van der Waals surface area contributed by atoms with Crippen LogP contribution >= 0.6 is 0 Å². The first-order chi connectivity index (χ1) is 8.25. The van der Waals surface area contributed by atoms with Crippen LogP contribution in [0.25, 0.3) is 6.08 Å². The minimum Gasteiger partial charge on any atom is -0.354 e. The quantitative estimate of drug-likeness (QED) is 0.662. The maximum atomic E-state index is 11.6. The van der Waals surface area contributed by atoms with Crippen molar-refractivity contribution in [1.82, 2.24) is 5.43 Å². The molecule has 84 valence electrons. The Labute approximate surface area is 98.7 Å². The minimum atomic E-state index is -0.158. The van der Waals surface area contributed by atoms with Gasteiger partial charge in [-0.3, -0.25) is 4.79 Å². The third-order valence-corrected chi connectivity index (χ3v) is 2.84. The molecule has 0 aliphatic carbocycles. The number of benzene rings is 1. The van der Waals surface area contributed by atoms with E-state index in [9.17, 15) is 4.79 Å². The molecule has 0 aromatic heterocycles. The highest BCUT2D eigenvalue weighted by atomic mass is 16.2. The summed E-state index contributed by atoms with van der Waals surface area (Å²) >= 11 is 0. The minimum absolute atomic E-state index is 0.158. The second-order valence-electron chi connectivity index (χ2n) is 3.97. The summed E-state index contributed by atoms with van der Waals surface area (Å²) in [4.78, 5) is 11.6. The average Bonchev–Trinajstić information content (AvgIpc) is 2.68. The van der Waals surface area contributed by atoms with Gasteiger partial charge in [0, 0.05) is 5.69 Å². The summed E-state index contributed by atoms with van der Waals surface area (Å²) in [5.41, 5.74) is 6.69. The van der Waals surface area contributed by atoms with Crippen LogP contribution in [0.5, 0.6) is 0 Å². The maximum absolute atomic E-state index is 11.6. The average molecular weight is 225 g/mol. The van der Waals surface area contributed by atoms with Crippen molar-refractivity contribution in [3.8, 4) is 0 Å². The second-order valence-corrected chi connectivity index (χ2v) is 3.97. The highest BCUT2D eigenvalue weighted by molar-refractivity contribution is 6.25. The molecule has 2 aliphatic rings. The van der Waals surface area contributed by atoms with Crippen LogP contribution in [0, 0.1) is 0 Å². The predicted octanol–water partition coefficient (Wildman–Crippen LogP) is 1.89. The molecular weight excluding hydrogens is 214 g/mol. The van der Waals surface area contributed by atoms with E-state index < -0.39 is 0 Å². The van der Waals surface area contributed by atoms with Gasteiger partial charge < -0.3 is 5.32 Å². The first-order valence-corrected chi connectivity index (χ1v) is 5.39. The van der Waals surface area contributed by atoms with Crippen molar-refractivity contribution in [3.63, 3.8) is 0 Å². The van der Waals surface area contributed by atoms with Gasteiger partial charge in [-0.05, 0) is 24.6 Å². The fourth-order valence-electron chi connectivity index (χ4n) is 1.99. The molecule has 0 atom stereocenters. The zero-order valence-electron chi connectivity index (χ0n) is 9.32. The summed E-state index contributed by atoms with van der Waals surface area (Å²) < 4.78 is 0. The Bertz CT molecular complexity index is 596. The third-order valence-electron chi connectivity index (χ3n) is 2.84. The zero-order chi connectivity index (χ0) is 11.8. The van der Waals surface area contributed by atoms with Crippen LogP contribution in [0.2, 0.25) is 0 Å². The van der Waals surface area contributed by atoms with Gasteiger partial charge in [-0.2, -0.15) is 5.10 Å². The van der Waals surface area contributed by atoms with Gasteiger partial charge in [0.25, 0.3) is 5.91 Å². The van der Waals surface area contributed by atoms with Gasteiger partial charge in [-0.1, -0.05) is 24.3 Å². The van der Waals surface area contributed by atoms with E-state index in [2.05, 4.69) is 15.8 Å². The van der Waals surface area contributed by atoms with Crippen molar-refractivity contribution >= 4 is 23.4 Å². The van der Waals surface area contributed by atoms with E-state index in [1.807, 2.05) is 43.3 Å². The summed E-state index contributed by atoms with van der Waals surface area (Å²) in [6.07, 6.45) is 3.90. The number of amides is 1. The SMILES string of the molecule is CC1=NNC(=O)/C1=C1/C=Cc2ccccc2N1. The number of carbonyl (C=O) groups is 1. The van der Waals surface area contributed by atoms with Gasteiger partial charge in [0.2, 0.25) is 0 Å². The lowest BCUT2D eigenvalue weighted by molar-refractivity contribution is -0.116. The van der Waals surface area contributed by atoms with Crippen LogP contribution in [0.4, 0.5) is 5.69 Å². The van der Waals surface area contributed by atoms with Gasteiger partial charge in [0.15, 0.2) is 0 Å². The number of anilines is 1. The van der Waals surface area contributed by atoms with Crippen molar-refractivity contribution in [3.05, 3.63) is 47.2 Å². The molecule has 2 N–H and O–H groups in total. The van der Waals surface area contributed by atoms with E-state index in [1.165, 1.54) is 0 Å². The molecule has 0 bridgehead atoms. The fourth-order valence-corrected chi connectivity index (χ4v) is 1.99. The van der Waals surface area contributed by atoms with E-state index in [-0.39, 0.29) is 5.91 Å². The largest absolute Gasteiger partial charge is 0.354 e. The first-order valence-electron chi connectivity index (χ1n) is 5.39. The molecule has 0 spiro atoms. The monoisotopic (exact) mass is 225 g/mol. The molecule has 3 rings (SSSR count). The smallest absolute Gasteiger partial charge is 0.275 e. The molecule has 4 nitrogen and oxygen atoms in total. The molecular formula is C13H11N3O. The number of carbonyl (C=O) groups excluding carboxylic acids is 1. The van der Waals surface area contributed by atoms with E-state index in [0.29, 0.717) is 11.3 Å². The summed E-state index contributed by atoms with van der Waals surface area (Å²) in [5.74, 6) is -0.158. The standard InChI is InChI=1S/C13H11N3O/c1-8-12(13(17)16-15-8)11-7-6-9-4-2-3-5-10(9)14-11/h2-7,14H,1H3,(H,16,17)/b12-11-. The Morgan fingerprint density at radius 2 is 2.00 bits per heavy atom. The van der Waals surface area contributed by atoms with E-state index >= 15 is 0 Å². The Balaban J connectivity index is 2.08. The van der Waals surface area contributed by atoms with E-state index in [4.69, 9.17) is 0 Å². The van der Waals surface area contributed by atoms with Crippen LogP contribution < -0.4 is 10.7 Å². The molecule has 4 heteroatoms. The Morgan fingerprint density at radius 1 is 1.18 bits per heavy atom. The number of nitrogens with one attached hydrogen (secondary N) is 2. The van der Waals surface area contributed by atoms with E-state index in [1.54, 1.807) is 0 Å². The maximum Gasteiger partial charge on any atom is 0.275 e. The van der Waals surface area contributed by atoms with Crippen LogP contribution in [-0.4, -0.2) is 11.6 Å². The van der Waals surface area contributed by atoms with Gasteiger partial charge in [0.05, 0.1) is 17.0 Å². The molecule has 0 saturated carbocycles. The second kappa shape index (κ2) is 3.59. The lowest BCUT2D eigenvalue weighted by Gasteiger charge is -2.16. The summed E-state index contributed by atoms with van der Waals surface area (Å²) in [5, 5.41) is 7.17. The lowest BCUT2D eigenvalue weighted by atomic mass is 10.0. The summed E-state index contributed by atoms with van der Waals surface area (Å²) in [6, 6.07) is 7.95. The van der Waals surface area contributed by atoms with Crippen LogP contribution in [0.3, 0.4) is 0 Å². The van der Waals surface area contributed by atoms with Crippen LogP contribution in [0.1, 0.15) is 12.5 Å². The van der Waals surface area contributed by atoms with Crippen molar-refractivity contribution in [2.24, 2.45) is 5.10 Å². The Hall–Kier alpha value is -2.36. The van der Waals surface area contributed by atoms with Crippen molar-refractivity contribution < 1.29 is 4.79 Å². The topological polar surface area (TPSA) is 53.5 Å². The number of allylic oxidation sites excluding steroid dienone is 1. The Morgan fingerprint density at radius 3 is 2.76 bits per heavy atom. The van der Waals surface area contributed by atoms with Crippen molar-refractivity contribution in [2.45, 2.75) is 6.92 Å². The highest BCUT2D eigenvalue weighted by Crippen LogP contribution is 2.26. The molecule has 0 radical (unpaired) electrons. The number of fused-ring (bicyclic) bond motifs is 1. The lowest BCUT2D eigenvalue weighted by Crippen LogP contribution is -2.18. The molecule has 0 saturated heterocycles. The highest BCUT2D eigenvalue weighted by Gasteiger charge is 2.23. The van der Waals surface area contributed by atoms with Gasteiger partial charge in [-0.15, -0.1) is 0 Å². The van der Waals surface area contributed by atoms with Crippen molar-refractivity contribution in [1.29, 1.82) is 0 Å². The zero-order valence-corrected chi connectivity index (χ0v) is 9.32. The predicted molar refractivity (Wildman–Crippen MR) is 67.4 cm³/mol. The fraction of sp³-hybridized carbons (Fsp3) is 0.0769. The number of nitrogens with zero attached hydrogens (tertiary/aromatic N) is 1. The van der Waals surface area contributed by atoms with Gasteiger partial charge >= 0.3 is 0 Å². The molecule has 2 aliphatic heterocycles. The first kappa shape index (κ1) is 9.84. The third kappa shape index (κ3) is 1.54. The number of hydrogen-bond acceptors (Lipinski definition) is 3. The molecule has 2 heterocycles. The molecule has 1 amide bonds. The normalized spacial score (nSPS) is 21.7. The number of para-hydroxylation sites is 1. The molecule has 17 heavy (non-hydrogen) atoms. The van der Waals surface area contributed by atoms with Crippen LogP contribution in [0.15, 0.2) is 46.7 Å². The number of hydrazone groups is 1. The molecule has 0 unspecified atom stereocenters. The van der Waals surface area contributed by atoms with Gasteiger partial charge in [0.1, 0.15) is 0 Å². The molecule has 1 aromatic carbocycles. The summed E-state index contributed by atoms with van der Waals surface area (Å²) in [6.45, 7) is 1.82. The number of hydrogen-bond donors (Lipinski definition) is 2. The number of rotatable bonds is 0. The Kier molecular flexibility index (Phi) is 2.08. The summed E-state index contributed by atoms with van der Waals surface area (Å²) in [7, 11) is 0. The van der Waals surface area contributed by atoms with E-state index in [0.717, 1.165) is 16.9 Å².